The second-order valence-electron chi connectivity index (χ2n) is 8.02. The minimum Gasteiger partial charge on any atom is -0.452 e. The van der Waals surface area contributed by atoms with E-state index in [9.17, 15) is 19.2 Å². The van der Waals surface area contributed by atoms with Crippen LogP contribution >= 0.6 is 11.8 Å². The Balaban J connectivity index is 1.45. The van der Waals surface area contributed by atoms with Crippen LogP contribution in [-0.2, 0) is 19.1 Å². The molecule has 0 atom stereocenters. The Labute approximate surface area is 203 Å². The van der Waals surface area contributed by atoms with Crippen molar-refractivity contribution in [1.82, 2.24) is 10.2 Å². The molecular weight excluding hydrogens is 454 g/mol. The van der Waals surface area contributed by atoms with E-state index in [1.54, 1.807) is 30.3 Å². The molecule has 1 aliphatic heterocycles. The summed E-state index contributed by atoms with van der Waals surface area (Å²) in [6.45, 7) is 4.66. The number of aryl methyl sites for hydroxylation is 1. The van der Waals surface area contributed by atoms with E-state index in [2.05, 4.69) is 10.6 Å². The van der Waals surface area contributed by atoms with Gasteiger partial charge in [-0.2, -0.15) is 0 Å². The van der Waals surface area contributed by atoms with Gasteiger partial charge in [0.15, 0.2) is 6.61 Å². The van der Waals surface area contributed by atoms with Gasteiger partial charge in [-0.15, -0.1) is 11.8 Å². The van der Waals surface area contributed by atoms with Crippen molar-refractivity contribution in [3.63, 3.8) is 0 Å². The van der Waals surface area contributed by atoms with Crippen LogP contribution in [0.15, 0.2) is 47.4 Å². The normalized spacial score (nSPS) is 12.8. The average molecular weight is 484 g/mol. The van der Waals surface area contributed by atoms with Gasteiger partial charge in [-0.05, 0) is 56.0 Å². The summed E-state index contributed by atoms with van der Waals surface area (Å²) in [5.41, 5.74) is 2.98. The van der Waals surface area contributed by atoms with Gasteiger partial charge in [0.1, 0.15) is 0 Å². The lowest BCUT2D eigenvalue weighted by molar-refractivity contribution is -0.127. The minimum atomic E-state index is -0.660. The van der Waals surface area contributed by atoms with Crippen LogP contribution in [0.1, 0.15) is 34.3 Å². The lowest BCUT2D eigenvalue weighted by Gasteiger charge is -2.15. The second-order valence-corrected chi connectivity index (χ2v) is 9.04. The number of nitrogens with one attached hydrogen (secondary N) is 2. The molecule has 1 saturated heterocycles. The van der Waals surface area contributed by atoms with E-state index in [1.807, 2.05) is 30.9 Å². The van der Waals surface area contributed by atoms with E-state index in [1.165, 1.54) is 11.8 Å². The number of amides is 3. The van der Waals surface area contributed by atoms with Gasteiger partial charge in [0, 0.05) is 23.7 Å². The quantitative estimate of drug-likeness (QED) is 0.420. The maximum absolute atomic E-state index is 12.5. The number of rotatable bonds is 9. The average Bonchev–Trinajstić information content (AvgIpc) is 3.38. The fourth-order valence-corrected chi connectivity index (χ4v) is 4.42. The molecule has 0 aliphatic carbocycles. The third-order valence-corrected chi connectivity index (χ3v) is 6.63. The molecule has 3 rings (SSSR count). The third kappa shape index (κ3) is 7.08. The van der Waals surface area contributed by atoms with Gasteiger partial charge < -0.3 is 20.3 Å². The van der Waals surface area contributed by atoms with E-state index in [0.717, 1.165) is 37.1 Å². The zero-order chi connectivity index (χ0) is 24.5. The second kappa shape index (κ2) is 12.2. The molecule has 2 aromatic rings. The molecule has 9 heteroatoms. The predicted octanol–water partition coefficient (Wildman–Crippen LogP) is 2.93. The van der Waals surface area contributed by atoms with Crippen LogP contribution in [0.3, 0.4) is 0 Å². The van der Waals surface area contributed by atoms with Crippen LogP contribution in [0, 0.1) is 13.8 Å². The molecular formula is C25H29N3O5S. The van der Waals surface area contributed by atoms with Crippen LogP contribution in [-0.4, -0.2) is 60.6 Å². The Kier molecular flexibility index (Phi) is 9.09. The SMILES string of the molecule is Cc1cccc(NC(=O)CNC(=O)COC(=O)c2ccccc2SCC(=O)N2CCCC2)c1C. The van der Waals surface area contributed by atoms with Crippen LogP contribution < -0.4 is 10.6 Å². The highest BCUT2D eigenvalue weighted by Crippen LogP contribution is 2.24. The molecule has 0 aromatic heterocycles. The van der Waals surface area contributed by atoms with Crippen molar-refractivity contribution >= 4 is 41.1 Å². The maximum atomic E-state index is 12.5. The van der Waals surface area contributed by atoms with E-state index >= 15 is 0 Å². The number of likely N-dealkylation sites (tertiary alicyclic amines) is 1. The van der Waals surface area contributed by atoms with Crippen molar-refractivity contribution in [2.75, 3.05) is 37.3 Å². The predicted molar refractivity (Wildman–Crippen MR) is 131 cm³/mol. The molecule has 0 spiro atoms. The van der Waals surface area contributed by atoms with Gasteiger partial charge in [0.05, 0.1) is 17.9 Å². The maximum Gasteiger partial charge on any atom is 0.339 e. The zero-order valence-corrected chi connectivity index (χ0v) is 20.2. The Morgan fingerprint density at radius 3 is 2.47 bits per heavy atom. The van der Waals surface area contributed by atoms with Gasteiger partial charge in [0.25, 0.3) is 5.91 Å². The highest BCUT2D eigenvalue weighted by molar-refractivity contribution is 8.00. The van der Waals surface area contributed by atoms with Gasteiger partial charge in [-0.3, -0.25) is 14.4 Å². The summed E-state index contributed by atoms with van der Waals surface area (Å²) in [5.74, 6) is -1.34. The number of benzene rings is 2. The summed E-state index contributed by atoms with van der Waals surface area (Å²) in [6.07, 6.45) is 2.04. The summed E-state index contributed by atoms with van der Waals surface area (Å²) < 4.78 is 5.13. The fourth-order valence-electron chi connectivity index (χ4n) is 3.48. The van der Waals surface area contributed by atoms with Gasteiger partial charge in [-0.1, -0.05) is 24.3 Å². The lowest BCUT2D eigenvalue weighted by Crippen LogP contribution is -2.35. The molecule has 2 N–H and O–H groups in total. The molecule has 34 heavy (non-hydrogen) atoms. The number of esters is 1. The Morgan fingerprint density at radius 1 is 0.971 bits per heavy atom. The van der Waals surface area contributed by atoms with Gasteiger partial charge in [-0.25, -0.2) is 4.79 Å². The first-order valence-electron chi connectivity index (χ1n) is 11.1. The standard InChI is InChI=1S/C25H29N3O5S/c1-17-8-7-10-20(18(17)2)27-22(29)14-26-23(30)15-33-25(32)19-9-3-4-11-21(19)34-16-24(31)28-12-5-6-13-28/h3-4,7-11H,5-6,12-16H2,1-2H3,(H,26,30)(H,27,29). The Bertz CT molecular complexity index is 1070. The monoisotopic (exact) mass is 483 g/mol. The van der Waals surface area contributed by atoms with Crippen molar-refractivity contribution in [1.29, 1.82) is 0 Å². The number of carbonyl (C=O) groups is 4. The number of hydrogen-bond acceptors (Lipinski definition) is 6. The number of carbonyl (C=O) groups excluding carboxylic acids is 4. The fraction of sp³-hybridized carbons (Fsp3) is 0.360. The zero-order valence-electron chi connectivity index (χ0n) is 19.4. The number of thioether (sulfide) groups is 1. The third-order valence-electron chi connectivity index (χ3n) is 5.58. The molecule has 1 aliphatic rings. The lowest BCUT2D eigenvalue weighted by atomic mass is 10.1. The van der Waals surface area contributed by atoms with E-state index in [-0.39, 0.29) is 24.1 Å². The summed E-state index contributed by atoms with van der Waals surface area (Å²) in [5, 5.41) is 5.20. The van der Waals surface area contributed by atoms with Gasteiger partial charge in [0.2, 0.25) is 11.8 Å². The van der Waals surface area contributed by atoms with Crippen molar-refractivity contribution in [3.8, 4) is 0 Å². The van der Waals surface area contributed by atoms with Crippen molar-refractivity contribution in [2.45, 2.75) is 31.6 Å². The summed E-state index contributed by atoms with van der Waals surface area (Å²) in [4.78, 5) is 51.5. The highest BCUT2D eigenvalue weighted by atomic mass is 32.2. The van der Waals surface area contributed by atoms with Crippen LogP contribution in [0.5, 0.6) is 0 Å². The first-order valence-corrected chi connectivity index (χ1v) is 12.1. The Hall–Kier alpha value is -3.33. The highest BCUT2D eigenvalue weighted by Gasteiger charge is 2.20. The molecule has 2 aromatic carbocycles. The van der Waals surface area contributed by atoms with Crippen molar-refractivity contribution in [3.05, 3.63) is 59.2 Å². The molecule has 0 radical (unpaired) electrons. The first-order chi connectivity index (χ1) is 16.3. The number of hydrogen-bond donors (Lipinski definition) is 2. The number of ether oxygens (including phenoxy) is 1. The molecule has 0 saturated carbocycles. The minimum absolute atomic E-state index is 0.0455. The molecule has 1 heterocycles. The van der Waals surface area contributed by atoms with Crippen LogP contribution in [0.25, 0.3) is 0 Å². The Morgan fingerprint density at radius 2 is 1.71 bits per heavy atom. The van der Waals surface area contributed by atoms with Crippen molar-refractivity contribution in [2.24, 2.45) is 0 Å². The number of anilines is 1. The molecule has 3 amide bonds. The summed E-state index contributed by atoms with van der Waals surface area (Å²) >= 11 is 1.28. The molecule has 8 nitrogen and oxygen atoms in total. The van der Waals surface area contributed by atoms with E-state index in [4.69, 9.17) is 4.74 Å². The van der Waals surface area contributed by atoms with Gasteiger partial charge >= 0.3 is 5.97 Å². The topological polar surface area (TPSA) is 105 Å². The van der Waals surface area contributed by atoms with Crippen molar-refractivity contribution < 1.29 is 23.9 Å². The van der Waals surface area contributed by atoms with Crippen LogP contribution in [0.4, 0.5) is 5.69 Å². The smallest absolute Gasteiger partial charge is 0.339 e. The molecule has 0 unspecified atom stereocenters. The molecule has 1 fully saturated rings. The van der Waals surface area contributed by atoms with Crippen LogP contribution in [0.2, 0.25) is 0 Å². The summed E-state index contributed by atoms with van der Waals surface area (Å²) in [6, 6.07) is 12.4. The van der Waals surface area contributed by atoms with E-state index < -0.39 is 18.5 Å². The number of nitrogens with zero attached hydrogens (tertiary/aromatic N) is 1. The summed E-state index contributed by atoms with van der Waals surface area (Å²) in [7, 11) is 0. The molecule has 0 bridgehead atoms. The molecule has 180 valence electrons. The largest absolute Gasteiger partial charge is 0.452 e. The first kappa shape index (κ1) is 25.3. The van der Waals surface area contributed by atoms with E-state index in [0.29, 0.717) is 16.1 Å².